The van der Waals surface area contributed by atoms with Crippen molar-refractivity contribution in [1.29, 1.82) is 0 Å². The Hall–Kier alpha value is -3.02. The highest BCUT2D eigenvalue weighted by Crippen LogP contribution is 2.30. The van der Waals surface area contributed by atoms with Gasteiger partial charge in [0.1, 0.15) is 5.75 Å². The zero-order valence-corrected chi connectivity index (χ0v) is 17.4. The fraction of sp³-hybridized carbons (Fsp3) is 0.417. The fourth-order valence-electron chi connectivity index (χ4n) is 4.43. The quantitative estimate of drug-likeness (QED) is 0.800. The van der Waals surface area contributed by atoms with Gasteiger partial charge < -0.3 is 19.9 Å². The molecule has 2 aromatic carbocycles. The molecule has 2 aliphatic rings. The van der Waals surface area contributed by atoms with Crippen molar-refractivity contribution >= 4 is 17.5 Å². The van der Waals surface area contributed by atoms with Crippen LogP contribution in [-0.4, -0.2) is 49.5 Å². The van der Waals surface area contributed by atoms with Crippen LogP contribution >= 0.6 is 0 Å². The first-order chi connectivity index (χ1) is 14.6. The smallest absolute Gasteiger partial charge is 0.225 e. The number of nitrogens with zero attached hydrogens (tertiary/aromatic N) is 2. The molecule has 2 heterocycles. The molecule has 6 heteroatoms. The minimum Gasteiger partial charge on any atom is -0.495 e. The Morgan fingerprint density at radius 1 is 1.10 bits per heavy atom. The van der Waals surface area contributed by atoms with Crippen molar-refractivity contribution in [3.63, 3.8) is 0 Å². The molecule has 2 fully saturated rings. The number of hydrogen-bond donors (Lipinski definition) is 1. The van der Waals surface area contributed by atoms with E-state index in [1.165, 1.54) is 0 Å². The molecule has 1 N–H and O–H groups in total. The maximum Gasteiger partial charge on any atom is 0.225 e. The van der Waals surface area contributed by atoms with Crippen LogP contribution in [0.15, 0.2) is 54.6 Å². The van der Waals surface area contributed by atoms with E-state index in [1.54, 1.807) is 12.0 Å². The van der Waals surface area contributed by atoms with Gasteiger partial charge in [-0.05, 0) is 30.5 Å². The van der Waals surface area contributed by atoms with Crippen LogP contribution in [0.3, 0.4) is 0 Å². The van der Waals surface area contributed by atoms with Gasteiger partial charge in [0.25, 0.3) is 0 Å². The Bertz CT molecular complexity index is 886. The molecule has 2 saturated heterocycles. The fourth-order valence-corrected chi connectivity index (χ4v) is 4.43. The van der Waals surface area contributed by atoms with E-state index in [2.05, 4.69) is 16.3 Å². The molecule has 0 aromatic heterocycles. The van der Waals surface area contributed by atoms with Crippen molar-refractivity contribution in [2.75, 3.05) is 31.6 Å². The summed E-state index contributed by atoms with van der Waals surface area (Å²) in [6, 6.07) is 18.0. The van der Waals surface area contributed by atoms with Gasteiger partial charge in [-0.15, -0.1) is 0 Å². The summed E-state index contributed by atoms with van der Waals surface area (Å²) in [6.45, 7) is 2.75. The summed E-state index contributed by atoms with van der Waals surface area (Å²) in [5.74, 6) is 0.620. The monoisotopic (exact) mass is 407 g/mol. The van der Waals surface area contributed by atoms with Gasteiger partial charge in [0.15, 0.2) is 0 Å². The van der Waals surface area contributed by atoms with Crippen LogP contribution in [-0.2, 0) is 16.1 Å². The summed E-state index contributed by atoms with van der Waals surface area (Å²) in [6.07, 6.45) is 2.25. The van der Waals surface area contributed by atoms with E-state index in [9.17, 15) is 9.59 Å². The molecule has 30 heavy (non-hydrogen) atoms. The molecule has 0 spiro atoms. The van der Waals surface area contributed by atoms with Crippen LogP contribution < -0.4 is 15.0 Å². The van der Waals surface area contributed by atoms with Gasteiger partial charge in [0.05, 0.1) is 18.7 Å². The van der Waals surface area contributed by atoms with Crippen LogP contribution in [0, 0.1) is 5.92 Å². The van der Waals surface area contributed by atoms with Crippen molar-refractivity contribution in [2.24, 2.45) is 5.92 Å². The number of carbonyl (C=O) groups is 2. The molecular weight excluding hydrogens is 378 g/mol. The average molecular weight is 408 g/mol. The van der Waals surface area contributed by atoms with Gasteiger partial charge in [-0.3, -0.25) is 9.59 Å². The predicted octanol–water partition coefficient (Wildman–Crippen LogP) is 2.83. The highest BCUT2D eigenvalue weighted by atomic mass is 16.5. The van der Waals surface area contributed by atoms with Crippen LogP contribution in [0.2, 0.25) is 0 Å². The van der Waals surface area contributed by atoms with E-state index in [0.29, 0.717) is 19.5 Å². The molecule has 2 aromatic rings. The number of piperidine rings is 1. The highest BCUT2D eigenvalue weighted by Gasteiger charge is 2.35. The van der Waals surface area contributed by atoms with Crippen molar-refractivity contribution in [3.8, 4) is 5.75 Å². The Kier molecular flexibility index (Phi) is 6.21. The van der Waals surface area contributed by atoms with Crippen molar-refractivity contribution in [2.45, 2.75) is 31.8 Å². The number of ether oxygens (including phenoxy) is 1. The number of anilines is 1. The summed E-state index contributed by atoms with van der Waals surface area (Å²) in [5, 5.41) is 3.20. The maximum atomic E-state index is 12.9. The summed E-state index contributed by atoms with van der Waals surface area (Å²) in [5.41, 5.74) is 2.15. The molecule has 158 valence electrons. The molecule has 2 unspecified atom stereocenters. The first-order valence-corrected chi connectivity index (χ1v) is 10.6. The normalized spacial score (nSPS) is 21.6. The molecule has 6 nitrogen and oxygen atoms in total. The molecule has 0 saturated carbocycles. The van der Waals surface area contributed by atoms with Gasteiger partial charge in [-0.1, -0.05) is 42.5 Å². The zero-order chi connectivity index (χ0) is 20.9. The lowest BCUT2D eigenvalue weighted by atomic mass is 10.0. The van der Waals surface area contributed by atoms with E-state index in [1.807, 2.05) is 48.5 Å². The summed E-state index contributed by atoms with van der Waals surface area (Å²) >= 11 is 0. The Morgan fingerprint density at radius 2 is 1.87 bits per heavy atom. The van der Waals surface area contributed by atoms with E-state index in [-0.39, 0.29) is 23.8 Å². The molecule has 4 rings (SSSR count). The van der Waals surface area contributed by atoms with Gasteiger partial charge in [-0.25, -0.2) is 0 Å². The Balaban J connectivity index is 1.34. The summed E-state index contributed by atoms with van der Waals surface area (Å²) < 4.78 is 5.50. The molecule has 2 aliphatic heterocycles. The number of para-hydroxylation sites is 2. The van der Waals surface area contributed by atoms with Crippen LogP contribution in [0.1, 0.15) is 24.8 Å². The minimum absolute atomic E-state index is 0.00853. The molecule has 0 aliphatic carbocycles. The second kappa shape index (κ2) is 9.20. The van der Waals surface area contributed by atoms with Gasteiger partial charge in [-0.2, -0.15) is 0 Å². The van der Waals surface area contributed by atoms with Gasteiger partial charge in [0.2, 0.25) is 11.8 Å². The van der Waals surface area contributed by atoms with E-state index < -0.39 is 0 Å². The molecular formula is C24H29N3O3. The number of nitrogens with one attached hydrogen (secondary N) is 1. The first-order valence-electron chi connectivity index (χ1n) is 10.6. The van der Waals surface area contributed by atoms with Crippen molar-refractivity contribution in [1.82, 2.24) is 10.2 Å². The van der Waals surface area contributed by atoms with E-state index >= 15 is 0 Å². The topological polar surface area (TPSA) is 61.9 Å². The van der Waals surface area contributed by atoms with Gasteiger partial charge >= 0.3 is 0 Å². The second-order valence-electron chi connectivity index (χ2n) is 8.13. The van der Waals surface area contributed by atoms with E-state index in [0.717, 1.165) is 42.9 Å². The largest absolute Gasteiger partial charge is 0.495 e. The standard InChI is InChI=1S/C24H29N3O3/c1-30-22-12-6-5-11-21(22)26-13-7-10-20(17-26)25-24(29)19-14-23(28)27(16-19)15-18-8-3-2-4-9-18/h2-6,8-9,11-12,19-20H,7,10,13-17H2,1H3,(H,25,29). The summed E-state index contributed by atoms with van der Waals surface area (Å²) in [4.78, 5) is 29.4. The highest BCUT2D eigenvalue weighted by molar-refractivity contribution is 5.89. The number of hydrogen-bond acceptors (Lipinski definition) is 4. The lowest BCUT2D eigenvalue weighted by molar-refractivity contribution is -0.129. The number of likely N-dealkylation sites (tertiary alicyclic amines) is 1. The third kappa shape index (κ3) is 4.58. The van der Waals surface area contributed by atoms with Crippen molar-refractivity contribution < 1.29 is 14.3 Å². The van der Waals surface area contributed by atoms with Crippen LogP contribution in [0.5, 0.6) is 5.75 Å². The number of carbonyl (C=O) groups excluding carboxylic acids is 2. The Labute approximate surface area is 177 Å². The van der Waals surface area contributed by atoms with E-state index in [4.69, 9.17) is 4.74 Å². The maximum absolute atomic E-state index is 12.9. The van der Waals surface area contributed by atoms with Crippen LogP contribution in [0.25, 0.3) is 0 Å². The number of amides is 2. The molecule has 0 bridgehead atoms. The zero-order valence-electron chi connectivity index (χ0n) is 17.4. The lowest BCUT2D eigenvalue weighted by Gasteiger charge is -2.35. The van der Waals surface area contributed by atoms with Gasteiger partial charge in [0, 0.05) is 38.6 Å². The second-order valence-corrected chi connectivity index (χ2v) is 8.13. The minimum atomic E-state index is -0.275. The third-order valence-electron chi connectivity index (χ3n) is 6.00. The third-order valence-corrected chi connectivity index (χ3v) is 6.00. The molecule has 2 amide bonds. The number of benzene rings is 2. The SMILES string of the molecule is COc1ccccc1N1CCCC(NC(=O)C2CC(=O)N(Cc3ccccc3)C2)C1. The number of rotatable bonds is 6. The van der Waals surface area contributed by atoms with Crippen LogP contribution in [0.4, 0.5) is 5.69 Å². The average Bonchev–Trinajstić information content (AvgIpc) is 3.15. The predicted molar refractivity (Wildman–Crippen MR) is 116 cm³/mol. The first kappa shape index (κ1) is 20.3. The molecule has 0 radical (unpaired) electrons. The lowest BCUT2D eigenvalue weighted by Crippen LogP contribution is -2.49. The Morgan fingerprint density at radius 3 is 2.67 bits per heavy atom. The number of methoxy groups -OCH3 is 1. The van der Waals surface area contributed by atoms with Crippen molar-refractivity contribution in [3.05, 3.63) is 60.2 Å². The molecule has 2 atom stereocenters. The summed E-state index contributed by atoms with van der Waals surface area (Å²) in [7, 11) is 1.68.